The first-order valence-corrected chi connectivity index (χ1v) is 7.55. The Kier molecular flexibility index (Phi) is 5.15. The molecule has 6 heteroatoms. The normalized spacial score (nSPS) is 13.0. The molecule has 5 nitrogen and oxygen atoms in total. The molecular weight excluding hydrogens is 300 g/mol. The fourth-order valence-corrected chi connectivity index (χ4v) is 2.76. The predicted molar refractivity (Wildman–Crippen MR) is 83.9 cm³/mol. The van der Waals surface area contributed by atoms with E-state index < -0.39 is 12.1 Å². The summed E-state index contributed by atoms with van der Waals surface area (Å²) in [5.74, 6) is 0.344. The van der Waals surface area contributed by atoms with Crippen LogP contribution in [0.4, 0.5) is 0 Å². The molecule has 0 aliphatic carbocycles. The number of thiophene rings is 1. The minimum atomic E-state index is -0.847. The van der Waals surface area contributed by atoms with Gasteiger partial charge in [-0.05, 0) is 36.1 Å². The Balaban J connectivity index is 2.06. The molecule has 2 N–H and O–H groups in total. The molecule has 0 aliphatic heterocycles. The lowest BCUT2D eigenvalue weighted by Gasteiger charge is -2.20. The Hall–Kier alpha value is -2.36. The molecule has 1 heterocycles. The quantitative estimate of drug-likeness (QED) is 0.888. The molecule has 2 rings (SSSR count). The van der Waals surface area contributed by atoms with Gasteiger partial charge in [0.25, 0.3) is 5.91 Å². The van der Waals surface area contributed by atoms with Crippen molar-refractivity contribution in [3.63, 3.8) is 0 Å². The molecule has 0 bridgehead atoms. The Morgan fingerprint density at radius 3 is 2.64 bits per heavy atom. The Morgan fingerprint density at radius 2 is 2.05 bits per heavy atom. The van der Waals surface area contributed by atoms with Crippen LogP contribution < -0.4 is 10.1 Å². The first-order valence-electron chi connectivity index (χ1n) is 6.67. The molecule has 22 heavy (non-hydrogen) atoms. The fraction of sp³-hybridized carbons (Fsp3) is 0.250. The summed E-state index contributed by atoms with van der Waals surface area (Å²) in [6.07, 6.45) is -0.847. The van der Waals surface area contributed by atoms with Gasteiger partial charge in [0.15, 0.2) is 0 Å². The largest absolute Gasteiger partial charge is 0.497 e. The highest BCUT2D eigenvalue weighted by Crippen LogP contribution is 2.21. The molecule has 114 valence electrons. The van der Waals surface area contributed by atoms with Crippen molar-refractivity contribution in [3.05, 3.63) is 51.7 Å². The third-order valence-corrected chi connectivity index (χ3v) is 4.19. The monoisotopic (exact) mass is 316 g/mol. The summed E-state index contributed by atoms with van der Waals surface area (Å²) in [5.41, 5.74) is 1.02. The van der Waals surface area contributed by atoms with E-state index in [1.807, 2.05) is 6.07 Å². The summed E-state index contributed by atoms with van der Waals surface area (Å²) >= 11 is 1.20. The van der Waals surface area contributed by atoms with Crippen molar-refractivity contribution in [2.45, 2.75) is 19.1 Å². The van der Waals surface area contributed by atoms with Crippen molar-refractivity contribution in [2.75, 3.05) is 7.11 Å². The molecule has 2 aromatic rings. The number of ether oxygens (including phenoxy) is 1. The van der Waals surface area contributed by atoms with Crippen molar-refractivity contribution in [1.82, 2.24) is 5.32 Å². The lowest BCUT2D eigenvalue weighted by molar-refractivity contribution is 0.0855. The van der Waals surface area contributed by atoms with Crippen LogP contribution in [0.5, 0.6) is 5.75 Å². The highest BCUT2D eigenvalue weighted by Gasteiger charge is 2.21. The molecule has 0 saturated carbocycles. The lowest BCUT2D eigenvalue weighted by atomic mass is 10.0. The highest BCUT2D eigenvalue weighted by atomic mass is 32.1. The van der Waals surface area contributed by atoms with Crippen molar-refractivity contribution in [1.29, 1.82) is 5.26 Å². The molecule has 0 radical (unpaired) electrons. The van der Waals surface area contributed by atoms with Gasteiger partial charge in [-0.1, -0.05) is 12.1 Å². The number of aliphatic hydroxyl groups excluding tert-OH is 1. The van der Waals surface area contributed by atoms with Gasteiger partial charge in [0.1, 0.15) is 16.7 Å². The second-order valence-electron chi connectivity index (χ2n) is 4.76. The maximum atomic E-state index is 12.1. The summed E-state index contributed by atoms with van der Waals surface area (Å²) < 4.78 is 5.07. The van der Waals surface area contributed by atoms with E-state index in [0.717, 1.165) is 0 Å². The molecule has 0 fully saturated rings. The van der Waals surface area contributed by atoms with Crippen molar-refractivity contribution >= 4 is 17.2 Å². The third-order valence-electron chi connectivity index (χ3n) is 3.28. The van der Waals surface area contributed by atoms with Crippen molar-refractivity contribution in [3.8, 4) is 11.8 Å². The molecule has 2 unspecified atom stereocenters. The van der Waals surface area contributed by atoms with Crippen LogP contribution in [0.3, 0.4) is 0 Å². The van der Waals surface area contributed by atoms with Gasteiger partial charge < -0.3 is 15.2 Å². The standard InChI is InChI=1S/C16H16N2O3S/c1-10(14(19)11-3-5-13(21-2)6-4-11)18-16(20)15-12(9-17)7-8-22-15/h3-8,10,14,19H,1-2H3,(H,18,20). The average molecular weight is 316 g/mol. The highest BCUT2D eigenvalue weighted by molar-refractivity contribution is 7.12. The number of carbonyl (C=O) groups excluding carboxylic acids is 1. The van der Waals surface area contributed by atoms with Gasteiger partial charge >= 0.3 is 0 Å². The minimum Gasteiger partial charge on any atom is -0.497 e. The van der Waals surface area contributed by atoms with Crippen LogP contribution >= 0.6 is 11.3 Å². The fourth-order valence-electron chi connectivity index (χ4n) is 2.01. The second-order valence-corrected chi connectivity index (χ2v) is 5.67. The summed E-state index contributed by atoms with van der Waals surface area (Å²) in [6, 6.07) is 10.1. The first-order chi connectivity index (χ1) is 10.6. The number of rotatable bonds is 5. The van der Waals surface area contributed by atoms with E-state index in [0.29, 0.717) is 21.8 Å². The molecular formula is C16H16N2O3S. The first kappa shape index (κ1) is 16.0. The Bertz CT molecular complexity index is 688. The molecule has 0 aliphatic rings. The van der Waals surface area contributed by atoms with Gasteiger partial charge in [-0.15, -0.1) is 11.3 Å². The van der Waals surface area contributed by atoms with E-state index in [4.69, 9.17) is 10.00 Å². The number of amides is 1. The van der Waals surface area contributed by atoms with E-state index >= 15 is 0 Å². The average Bonchev–Trinajstić information content (AvgIpc) is 3.02. The van der Waals surface area contributed by atoms with Crippen molar-refractivity contribution in [2.24, 2.45) is 0 Å². The summed E-state index contributed by atoms with van der Waals surface area (Å²) in [5, 5.41) is 23.7. The van der Waals surface area contributed by atoms with Gasteiger partial charge in [0.05, 0.1) is 24.8 Å². The Labute approximate surface area is 132 Å². The molecule has 0 spiro atoms. The number of benzene rings is 1. The van der Waals surface area contributed by atoms with Crippen molar-refractivity contribution < 1.29 is 14.6 Å². The number of hydrogen-bond donors (Lipinski definition) is 2. The van der Waals surface area contributed by atoms with Gasteiger partial charge in [-0.2, -0.15) is 5.26 Å². The van der Waals surface area contributed by atoms with Gasteiger partial charge in [-0.3, -0.25) is 4.79 Å². The molecule has 2 atom stereocenters. The van der Waals surface area contributed by atoms with Crippen LogP contribution in [0.1, 0.15) is 33.8 Å². The van der Waals surface area contributed by atoms with Crippen LogP contribution in [0.25, 0.3) is 0 Å². The number of nitriles is 1. The lowest BCUT2D eigenvalue weighted by Crippen LogP contribution is -2.37. The van der Waals surface area contributed by atoms with E-state index in [2.05, 4.69) is 5.32 Å². The predicted octanol–water partition coefficient (Wildman–Crippen LogP) is 2.48. The summed E-state index contributed by atoms with van der Waals surface area (Å²) in [7, 11) is 1.57. The van der Waals surface area contributed by atoms with Gasteiger partial charge in [-0.25, -0.2) is 0 Å². The molecule has 0 saturated heterocycles. The summed E-state index contributed by atoms with van der Waals surface area (Å²) in [4.78, 5) is 12.5. The van der Waals surface area contributed by atoms with E-state index in [-0.39, 0.29) is 5.91 Å². The molecule has 1 aromatic carbocycles. The topological polar surface area (TPSA) is 82.3 Å². The summed E-state index contributed by atoms with van der Waals surface area (Å²) in [6.45, 7) is 1.71. The second kappa shape index (κ2) is 7.07. The number of aliphatic hydroxyl groups is 1. The maximum Gasteiger partial charge on any atom is 0.263 e. The molecule has 1 aromatic heterocycles. The number of nitrogens with zero attached hydrogens (tertiary/aromatic N) is 1. The van der Waals surface area contributed by atoms with Gasteiger partial charge in [0.2, 0.25) is 0 Å². The minimum absolute atomic E-state index is 0.341. The SMILES string of the molecule is COc1ccc(C(O)C(C)NC(=O)c2sccc2C#N)cc1. The smallest absolute Gasteiger partial charge is 0.263 e. The zero-order chi connectivity index (χ0) is 16.1. The third kappa shape index (κ3) is 3.45. The number of methoxy groups -OCH3 is 1. The zero-order valence-corrected chi connectivity index (χ0v) is 13.1. The molecule has 1 amide bonds. The van der Waals surface area contributed by atoms with Crippen LogP contribution in [-0.2, 0) is 0 Å². The van der Waals surface area contributed by atoms with E-state index in [9.17, 15) is 9.90 Å². The number of carbonyl (C=O) groups is 1. The van der Waals surface area contributed by atoms with E-state index in [1.165, 1.54) is 11.3 Å². The van der Waals surface area contributed by atoms with E-state index in [1.54, 1.807) is 49.7 Å². The van der Waals surface area contributed by atoms with Crippen LogP contribution in [0.2, 0.25) is 0 Å². The van der Waals surface area contributed by atoms with Gasteiger partial charge in [0, 0.05) is 0 Å². The zero-order valence-electron chi connectivity index (χ0n) is 12.2. The van der Waals surface area contributed by atoms with Crippen LogP contribution in [-0.4, -0.2) is 24.2 Å². The number of hydrogen-bond acceptors (Lipinski definition) is 5. The number of nitrogens with one attached hydrogen (secondary N) is 1. The van der Waals surface area contributed by atoms with Crippen LogP contribution in [0, 0.1) is 11.3 Å². The maximum absolute atomic E-state index is 12.1. The Morgan fingerprint density at radius 1 is 1.36 bits per heavy atom. The van der Waals surface area contributed by atoms with Crippen LogP contribution in [0.15, 0.2) is 35.7 Å².